The van der Waals surface area contributed by atoms with Crippen LogP contribution in [0.3, 0.4) is 0 Å². The molecule has 1 aliphatic rings. The van der Waals surface area contributed by atoms with Crippen LogP contribution in [0, 0.1) is 11.8 Å². The third kappa shape index (κ3) is 6.40. The fourth-order valence-corrected chi connectivity index (χ4v) is 3.72. The fourth-order valence-electron chi connectivity index (χ4n) is 3.55. The summed E-state index contributed by atoms with van der Waals surface area (Å²) in [5.74, 6) is 1.36. The number of benzene rings is 1. The Morgan fingerprint density at radius 2 is 1.93 bits per heavy atom. The number of likely N-dealkylation sites (N-methyl/N-ethyl adjacent to an activating group) is 1. The molecule has 0 spiro atoms. The smallest absolute Gasteiger partial charge is 0.238 e. The first-order chi connectivity index (χ1) is 12.8. The van der Waals surface area contributed by atoms with E-state index in [1.165, 1.54) is 13.5 Å². The summed E-state index contributed by atoms with van der Waals surface area (Å²) < 4.78 is 5.22. The summed E-state index contributed by atoms with van der Waals surface area (Å²) >= 11 is 5.98. The van der Waals surface area contributed by atoms with Crippen molar-refractivity contribution in [1.29, 1.82) is 0 Å². The molecular formula is C20H30ClN3O3. The van der Waals surface area contributed by atoms with E-state index in [1.54, 1.807) is 30.1 Å². The third-order valence-electron chi connectivity index (χ3n) is 5.32. The quantitative estimate of drug-likeness (QED) is 0.744. The van der Waals surface area contributed by atoms with E-state index in [1.807, 2.05) is 0 Å². The lowest BCUT2D eigenvalue weighted by Crippen LogP contribution is -2.47. The van der Waals surface area contributed by atoms with E-state index in [2.05, 4.69) is 24.5 Å². The molecule has 0 aliphatic heterocycles. The SMILES string of the molecule is COc1ccc(Cl)cc1NC(=O)CN(C)CC(=O)N[C@@H]1CCC[C@H](C)[C@@H]1C. The van der Waals surface area contributed by atoms with Crippen LogP contribution in [0.5, 0.6) is 5.75 Å². The molecule has 0 radical (unpaired) electrons. The van der Waals surface area contributed by atoms with Crippen molar-refractivity contribution in [3.05, 3.63) is 23.2 Å². The van der Waals surface area contributed by atoms with E-state index in [9.17, 15) is 9.59 Å². The normalized spacial score (nSPS) is 22.4. The minimum absolute atomic E-state index is 0.0448. The van der Waals surface area contributed by atoms with Crippen LogP contribution >= 0.6 is 11.6 Å². The van der Waals surface area contributed by atoms with Crippen molar-refractivity contribution in [3.8, 4) is 5.75 Å². The molecule has 3 atom stereocenters. The largest absolute Gasteiger partial charge is 0.495 e. The van der Waals surface area contributed by atoms with Gasteiger partial charge in [-0.15, -0.1) is 0 Å². The number of rotatable bonds is 7. The molecule has 2 N–H and O–H groups in total. The zero-order chi connectivity index (χ0) is 20.0. The second-order valence-electron chi connectivity index (χ2n) is 7.51. The van der Waals surface area contributed by atoms with Gasteiger partial charge >= 0.3 is 0 Å². The Morgan fingerprint density at radius 3 is 2.63 bits per heavy atom. The highest BCUT2D eigenvalue weighted by atomic mass is 35.5. The van der Waals surface area contributed by atoms with Crippen LogP contribution in [-0.4, -0.2) is 50.0 Å². The molecule has 0 heterocycles. The minimum Gasteiger partial charge on any atom is -0.495 e. The summed E-state index contributed by atoms with van der Waals surface area (Å²) in [5, 5.41) is 6.42. The van der Waals surface area contributed by atoms with Gasteiger partial charge in [-0.3, -0.25) is 14.5 Å². The maximum atomic E-state index is 12.3. The van der Waals surface area contributed by atoms with Crippen molar-refractivity contribution >= 4 is 29.1 Å². The van der Waals surface area contributed by atoms with Crippen LogP contribution in [0.15, 0.2) is 18.2 Å². The Kier molecular flexibility index (Phi) is 7.92. The number of hydrogen-bond donors (Lipinski definition) is 2. The van der Waals surface area contributed by atoms with Crippen LogP contribution in [0.4, 0.5) is 5.69 Å². The van der Waals surface area contributed by atoms with Gasteiger partial charge in [0, 0.05) is 11.1 Å². The molecule has 1 aromatic rings. The van der Waals surface area contributed by atoms with Crippen molar-refractivity contribution in [2.45, 2.75) is 39.2 Å². The molecule has 1 fully saturated rings. The average Bonchev–Trinajstić information content (AvgIpc) is 2.58. The van der Waals surface area contributed by atoms with Gasteiger partial charge in [-0.2, -0.15) is 0 Å². The molecule has 150 valence electrons. The molecule has 1 saturated carbocycles. The number of ether oxygens (including phenoxy) is 1. The van der Waals surface area contributed by atoms with Crippen molar-refractivity contribution < 1.29 is 14.3 Å². The Bertz CT molecular complexity index is 668. The van der Waals surface area contributed by atoms with Gasteiger partial charge < -0.3 is 15.4 Å². The van der Waals surface area contributed by atoms with Crippen LogP contribution in [0.25, 0.3) is 0 Å². The monoisotopic (exact) mass is 395 g/mol. The zero-order valence-corrected chi connectivity index (χ0v) is 17.3. The number of anilines is 1. The lowest BCUT2D eigenvalue weighted by atomic mass is 9.78. The molecule has 2 amide bonds. The number of nitrogens with one attached hydrogen (secondary N) is 2. The van der Waals surface area contributed by atoms with E-state index in [0.29, 0.717) is 28.3 Å². The summed E-state index contributed by atoms with van der Waals surface area (Å²) in [4.78, 5) is 26.3. The number of carbonyl (C=O) groups is 2. The van der Waals surface area contributed by atoms with E-state index >= 15 is 0 Å². The zero-order valence-electron chi connectivity index (χ0n) is 16.5. The lowest BCUT2D eigenvalue weighted by Gasteiger charge is -2.34. The van der Waals surface area contributed by atoms with Crippen LogP contribution in [0.2, 0.25) is 5.02 Å². The molecule has 0 bridgehead atoms. The van der Waals surface area contributed by atoms with Gasteiger partial charge in [-0.25, -0.2) is 0 Å². The number of carbonyl (C=O) groups excluding carboxylic acids is 2. The molecule has 7 heteroatoms. The summed E-state index contributed by atoms with van der Waals surface area (Å²) in [6.07, 6.45) is 3.40. The van der Waals surface area contributed by atoms with Crippen LogP contribution < -0.4 is 15.4 Å². The predicted molar refractivity (Wildman–Crippen MR) is 108 cm³/mol. The third-order valence-corrected chi connectivity index (χ3v) is 5.55. The van der Waals surface area contributed by atoms with Gasteiger partial charge in [0.2, 0.25) is 11.8 Å². The topological polar surface area (TPSA) is 70.7 Å². The average molecular weight is 396 g/mol. The fraction of sp³-hybridized carbons (Fsp3) is 0.600. The van der Waals surface area contributed by atoms with Gasteiger partial charge in [0.05, 0.1) is 25.9 Å². The number of amides is 2. The van der Waals surface area contributed by atoms with Gasteiger partial charge in [0.15, 0.2) is 0 Å². The summed E-state index contributed by atoms with van der Waals surface area (Å²) in [6.45, 7) is 4.71. The highest BCUT2D eigenvalue weighted by Gasteiger charge is 2.28. The second-order valence-corrected chi connectivity index (χ2v) is 7.94. The van der Waals surface area contributed by atoms with E-state index in [-0.39, 0.29) is 30.9 Å². The summed E-state index contributed by atoms with van der Waals surface area (Å²) in [7, 11) is 3.28. The highest BCUT2D eigenvalue weighted by molar-refractivity contribution is 6.31. The molecule has 6 nitrogen and oxygen atoms in total. The molecule has 0 unspecified atom stereocenters. The van der Waals surface area contributed by atoms with Crippen LogP contribution in [-0.2, 0) is 9.59 Å². The van der Waals surface area contributed by atoms with Crippen molar-refractivity contribution in [3.63, 3.8) is 0 Å². The van der Waals surface area contributed by atoms with Gasteiger partial charge in [-0.1, -0.05) is 38.3 Å². The Morgan fingerprint density at radius 1 is 1.22 bits per heavy atom. The summed E-state index contributed by atoms with van der Waals surface area (Å²) in [5.41, 5.74) is 0.512. The molecular weight excluding hydrogens is 366 g/mol. The van der Waals surface area contributed by atoms with E-state index in [4.69, 9.17) is 16.3 Å². The minimum atomic E-state index is -0.231. The lowest BCUT2D eigenvalue weighted by molar-refractivity contribution is -0.124. The first-order valence-electron chi connectivity index (χ1n) is 9.41. The van der Waals surface area contributed by atoms with Crippen molar-refractivity contribution in [1.82, 2.24) is 10.2 Å². The molecule has 1 aliphatic carbocycles. The maximum Gasteiger partial charge on any atom is 0.238 e. The maximum absolute atomic E-state index is 12.3. The van der Waals surface area contributed by atoms with Gasteiger partial charge in [-0.05, 0) is 43.5 Å². The van der Waals surface area contributed by atoms with Gasteiger partial charge in [0.1, 0.15) is 5.75 Å². The van der Waals surface area contributed by atoms with Gasteiger partial charge in [0.25, 0.3) is 0 Å². The second kappa shape index (κ2) is 9.95. The number of methoxy groups -OCH3 is 1. The number of hydrogen-bond acceptors (Lipinski definition) is 4. The molecule has 0 saturated heterocycles. The molecule has 2 rings (SSSR count). The molecule has 27 heavy (non-hydrogen) atoms. The standard InChI is InChI=1S/C20H30ClN3O3/c1-13-6-5-7-16(14(13)2)22-19(25)11-24(3)12-20(26)23-17-10-15(21)8-9-18(17)27-4/h8-10,13-14,16H,5-7,11-12H2,1-4H3,(H,22,25)(H,23,26)/t13-,14-,16+/m0/s1. The first-order valence-corrected chi connectivity index (χ1v) is 9.79. The Balaban J connectivity index is 1.82. The Labute approximate surface area is 166 Å². The molecule has 1 aromatic carbocycles. The van der Waals surface area contributed by atoms with Crippen LogP contribution in [0.1, 0.15) is 33.1 Å². The van der Waals surface area contributed by atoms with E-state index < -0.39 is 0 Å². The number of halogens is 1. The molecule has 0 aromatic heterocycles. The van der Waals surface area contributed by atoms with Crippen molar-refractivity contribution in [2.75, 3.05) is 32.6 Å². The Hall–Kier alpha value is -1.79. The van der Waals surface area contributed by atoms with E-state index in [0.717, 1.165) is 12.8 Å². The first kappa shape index (κ1) is 21.5. The predicted octanol–water partition coefficient (Wildman–Crippen LogP) is 3.16. The number of nitrogens with zero attached hydrogens (tertiary/aromatic N) is 1. The highest BCUT2D eigenvalue weighted by Crippen LogP contribution is 2.29. The summed E-state index contributed by atoms with van der Waals surface area (Å²) in [6, 6.07) is 5.25. The van der Waals surface area contributed by atoms with Crippen molar-refractivity contribution in [2.24, 2.45) is 11.8 Å².